The van der Waals surface area contributed by atoms with E-state index in [4.69, 9.17) is 4.74 Å². The molecule has 0 saturated carbocycles. The lowest BCUT2D eigenvalue weighted by Crippen LogP contribution is -2.09. The van der Waals surface area contributed by atoms with Crippen molar-refractivity contribution in [1.82, 2.24) is 19.7 Å². The molecule has 0 spiro atoms. The van der Waals surface area contributed by atoms with E-state index in [1.165, 1.54) is 18.3 Å². The third-order valence-electron chi connectivity index (χ3n) is 3.43. The number of hydrogen-bond acceptors (Lipinski definition) is 6. The van der Waals surface area contributed by atoms with Crippen LogP contribution in [0.25, 0.3) is 5.82 Å². The van der Waals surface area contributed by atoms with E-state index in [0.717, 1.165) is 23.2 Å². The van der Waals surface area contributed by atoms with Crippen LogP contribution in [0.15, 0.2) is 53.7 Å². The fourth-order valence-corrected chi connectivity index (χ4v) is 2.68. The van der Waals surface area contributed by atoms with Crippen molar-refractivity contribution in [1.29, 1.82) is 0 Å². The van der Waals surface area contributed by atoms with Gasteiger partial charge in [-0.3, -0.25) is 4.98 Å². The van der Waals surface area contributed by atoms with E-state index in [9.17, 15) is 21.6 Å². The summed E-state index contributed by atoms with van der Waals surface area (Å²) in [6.45, 7) is -0.0781. The van der Waals surface area contributed by atoms with Crippen molar-refractivity contribution in [2.24, 2.45) is 0 Å². The Morgan fingerprint density at radius 2 is 1.93 bits per heavy atom. The van der Waals surface area contributed by atoms with Crippen LogP contribution in [0, 0.1) is 0 Å². The summed E-state index contributed by atoms with van der Waals surface area (Å²) < 4.78 is 68.4. The Bertz CT molecular complexity index is 1030. The smallest absolute Gasteiger partial charge is 0.435 e. The van der Waals surface area contributed by atoms with Gasteiger partial charge in [0.1, 0.15) is 6.61 Å². The van der Waals surface area contributed by atoms with E-state index in [1.54, 1.807) is 18.2 Å². The fourth-order valence-electron chi connectivity index (χ4n) is 2.12. The van der Waals surface area contributed by atoms with E-state index >= 15 is 0 Å². The molecule has 7 nitrogen and oxygen atoms in total. The zero-order valence-electron chi connectivity index (χ0n) is 13.9. The Kier molecular flexibility index (Phi) is 4.87. The molecule has 0 aliphatic heterocycles. The summed E-state index contributed by atoms with van der Waals surface area (Å²) in [6, 6.07) is 8.30. The molecule has 0 fully saturated rings. The number of rotatable bonds is 5. The molecule has 3 heterocycles. The molecule has 0 amide bonds. The summed E-state index contributed by atoms with van der Waals surface area (Å²) >= 11 is 0. The zero-order valence-corrected chi connectivity index (χ0v) is 14.7. The van der Waals surface area contributed by atoms with E-state index in [1.807, 2.05) is 0 Å². The molecular weight excluding hydrogens is 385 g/mol. The third-order valence-corrected chi connectivity index (χ3v) is 4.52. The van der Waals surface area contributed by atoms with Gasteiger partial charge in [0.2, 0.25) is 5.88 Å². The van der Waals surface area contributed by atoms with Crippen LogP contribution in [0.1, 0.15) is 11.4 Å². The number of alkyl halides is 3. The lowest BCUT2D eigenvalue weighted by Gasteiger charge is -2.08. The molecular formula is C16H13F3N4O3S. The van der Waals surface area contributed by atoms with Gasteiger partial charge < -0.3 is 4.74 Å². The number of ether oxygens (including phenoxy) is 1. The van der Waals surface area contributed by atoms with Gasteiger partial charge in [0.15, 0.2) is 21.3 Å². The van der Waals surface area contributed by atoms with E-state index in [-0.39, 0.29) is 23.2 Å². The molecule has 0 bridgehead atoms. The Labute approximate surface area is 152 Å². The second-order valence-electron chi connectivity index (χ2n) is 5.51. The van der Waals surface area contributed by atoms with Crippen LogP contribution in [0.3, 0.4) is 0 Å². The molecule has 27 heavy (non-hydrogen) atoms. The van der Waals surface area contributed by atoms with Crippen LogP contribution >= 0.6 is 0 Å². The minimum absolute atomic E-state index is 0.0195. The van der Waals surface area contributed by atoms with Crippen molar-refractivity contribution in [3.05, 3.63) is 60.2 Å². The number of aromatic nitrogens is 4. The minimum atomic E-state index is -4.68. The first-order chi connectivity index (χ1) is 12.6. The SMILES string of the molecule is CS(=O)(=O)c1ccc(-n2nc(C(F)(F)F)cc2OCc2ccccn2)nc1. The van der Waals surface area contributed by atoms with Gasteiger partial charge in [-0.1, -0.05) is 6.07 Å². The van der Waals surface area contributed by atoms with E-state index < -0.39 is 21.7 Å². The topological polar surface area (TPSA) is 87.0 Å². The first kappa shape index (κ1) is 18.8. The van der Waals surface area contributed by atoms with Crippen molar-refractivity contribution in [2.75, 3.05) is 6.26 Å². The second kappa shape index (κ2) is 6.99. The lowest BCUT2D eigenvalue weighted by molar-refractivity contribution is -0.141. The van der Waals surface area contributed by atoms with Gasteiger partial charge >= 0.3 is 6.18 Å². The van der Waals surface area contributed by atoms with Crippen LogP contribution < -0.4 is 4.74 Å². The maximum Gasteiger partial charge on any atom is 0.435 e. The second-order valence-corrected chi connectivity index (χ2v) is 7.53. The van der Waals surface area contributed by atoms with Gasteiger partial charge in [-0.25, -0.2) is 13.4 Å². The van der Waals surface area contributed by atoms with Gasteiger partial charge in [-0.2, -0.15) is 23.0 Å². The molecule has 0 aromatic carbocycles. The van der Waals surface area contributed by atoms with Crippen LogP contribution in [0.4, 0.5) is 13.2 Å². The van der Waals surface area contributed by atoms with Gasteiger partial charge in [0, 0.05) is 24.7 Å². The number of nitrogens with zero attached hydrogens (tertiary/aromatic N) is 4. The average Bonchev–Trinajstić information content (AvgIpc) is 3.05. The first-order valence-electron chi connectivity index (χ1n) is 7.51. The summed E-state index contributed by atoms with van der Waals surface area (Å²) in [5.41, 5.74) is -0.647. The average molecular weight is 398 g/mol. The molecule has 0 unspecified atom stereocenters. The molecule has 0 saturated heterocycles. The highest BCUT2D eigenvalue weighted by atomic mass is 32.2. The van der Waals surface area contributed by atoms with Crippen LogP contribution in [-0.4, -0.2) is 34.4 Å². The van der Waals surface area contributed by atoms with Crippen molar-refractivity contribution in [3.8, 4) is 11.7 Å². The normalized spacial score (nSPS) is 12.1. The summed E-state index contributed by atoms with van der Waals surface area (Å²) in [5.74, 6) is -0.221. The number of halogens is 3. The predicted molar refractivity (Wildman–Crippen MR) is 88.0 cm³/mol. The number of pyridine rings is 2. The van der Waals surface area contributed by atoms with Crippen LogP contribution in [0.2, 0.25) is 0 Å². The van der Waals surface area contributed by atoms with Gasteiger partial charge in [0.25, 0.3) is 0 Å². The summed E-state index contributed by atoms with van der Waals surface area (Å²) in [4.78, 5) is 7.85. The van der Waals surface area contributed by atoms with Gasteiger partial charge in [-0.15, -0.1) is 0 Å². The number of hydrogen-bond donors (Lipinski definition) is 0. The number of sulfone groups is 1. The van der Waals surface area contributed by atoms with Crippen molar-refractivity contribution >= 4 is 9.84 Å². The van der Waals surface area contributed by atoms with E-state index in [0.29, 0.717) is 5.69 Å². The maximum absolute atomic E-state index is 13.0. The molecule has 142 valence electrons. The first-order valence-corrected chi connectivity index (χ1v) is 9.40. The molecule has 0 radical (unpaired) electrons. The van der Waals surface area contributed by atoms with Crippen molar-refractivity contribution < 1.29 is 26.3 Å². The fraction of sp³-hybridized carbons (Fsp3) is 0.188. The highest BCUT2D eigenvalue weighted by Gasteiger charge is 2.35. The molecule has 11 heteroatoms. The monoisotopic (exact) mass is 398 g/mol. The summed E-state index contributed by atoms with van der Waals surface area (Å²) in [7, 11) is -3.49. The lowest BCUT2D eigenvalue weighted by atomic mass is 10.4. The molecule has 0 atom stereocenters. The standard InChI is InChI=1S/C16H13F3N4O3S/c1-27(24,25)12-5-6-14(21-9-12)23-15(8-13(22-23)16(17,18)19)26-10-11-4-2-3-7-20-11/h2-9H,10H2,1H3. The molecule has 3 rings (SSSR count). The molecule has 3 aromatic rings. The van der Waals surface area contributed by atoms with E-state index in [2.05, 4.69) is 15.1 Å². The summed E-state index contributed by atoms with van der Waals surface area (Å²) in [6.07, 6.45) is -1.10. The third kappa shape index (κ3) is 4.42. The maximum atomic E-state index is 13.0. The highest BCUT2D eigenvalue weighted by Crippen LogP contribution is 2.32. The van der Waals surface area contributed by atoms with Gasteiger partial charge in [0.05, 0.1) is 10.6 Å². The molecule has 0 N–H and O–H groups in total. The predicted octanol–water partition coefficient (Wildman–Crippen LogP) is 2.66. The Balaban J connectivity index is 1.96. The quantitative estimate of drug-likeness (QED) is 0.657. The van der Waals surface area contributed by atoms with Crippen molar-refractivity contribution in [2.45, 2.75) is 17.7 Å². The molecule has 0 aliphatic carbocycles. The Morgan fingerprint density at radius 3 is 2.48 bits per heavy atom. The summed E-state index contributed by atoms with van der Waals surface area (Å²) in [5, 5.41) is 3.49. The molecule has 3 aromatic heterocycles. The zero-order chi connectivity index (χ0) is 19.7. The Morgan fingerprint density at radius 1 is 1.15 bits per heavy atom. The minimum Gasteiger partial charge on any atom is -0.471 e. The highest BCUT2D eigenvalue weighted by molar-refractivity contribution is 7.90. The van der Waals surface area contributed by atoms with Crippen molar-refractivity contribution in [3.63, 3.8) is 0 Å². The van der Waals surface area contributed by atoms with Crippen LogP contribution in [0.5, 0.6) is 5.88 Å². The van der Waals surface area contributed by atoms with Gasteiger partial charge in [-0.05, 0) is 24.3 Å². The largest absolute Gasteiger partial charge is 0.471 e. The van der Waals surface area contributed by atoms with Crippen LogP contribution in [-0.2, 0) is 22.6 Å². The Hall–Kier alpha value is -2.95. The molecule has 0 aliphatic rings.